The lowest BCUT2D eigenvalue weighted by molar-refractivity contribution is -0.122. The Morgan fingerprint density at radius 3 is 2.47 bits per heavy atom. The van der Waals surface area contributed by atoms with Crippen LogP contribution in [0.4, 0.5) is 5.69 Å². The summed E-state index contributed by atoms with van der Waals surface area (Å²) in [5.41, 5.74) is 0.864. The molecule has 0 radical (unpaired) electrons. The molecule has 2 heterocycles. The normalized spacial score (nSPS) is 19.0. The standard InChI is InChI=1S/C22H25N3O6S/c1-3-30-17-6-4-16(5-7-17)22(27)24-10-12-25(13-11-24)32(28,29)18-8-9-20-19(14-18)23-21(26)15(2)31-20/h4-9,14-15H,3,10-13H2,1-2H3,(H,23,26)/t15-/m0/s1. The van der Waals surface area contributed by atoms with Gasteiger partial charge in [-0.15, -0.1) is 0 Å². The summed E-state index contributed by atoms with van der Waals surface area (Å²) < 4.78 is 38.5. The van der Waals surface area contributed by atoms with Crippen LogP contribution in [-0.4, -0.2) is 68.3 Å². The molecule has 0 bridgehead atoms. The van der Waals surface area contributed by atoms with E-state index < -0.39 is 16.1 Å². The zero-order valence-electron chi connectivity index (χ0n) is 17.9. The maximum Gasteiger partial charge on any atom is 0.265 e. The Kier molecular flexibility index (Phi) is 6.07. The predicted molar refractivity (Wildman–Crippen MR) is 117 cm³/mol. The first-order chi connectivity index (χ1) is 15.3. The van der Waals surface area contributed by atoms with E-state index in [1.165, 1.54) is 16.4 Å². The van der Waals surface area contributed by atoms with Gasteiger partial charge in [-0.25, -0.2) is 8.42 Å². The average molecular weight is 460 g/mol. The second-order valence-electron chi connectivity index (χ2n) is 7.56. The van der Waals surface area contributed by atoms with E-state index in [1.807, 2.05) is 6.92 Å². The fourth-order valence-corrected chi connectivity index (χ4v) is 5.12. The quantitative estimate of drug-likeness (QED) is 0.733. The summed E-state index contributed by atoms with van der Waals surface area (Å²) >= 11 is 0. The maximum atomic E-state index is 13.1. The highest BCUT2D eigenvalue weighted by Crippen LogP contribution is 2.33. The van der Waals surface area contributed by atoms with Gasteiger partial charge in [0.1, 0.15) is 11.5 Å². The Balaban J connectivity index is 1.43. The number of sulfonamides is 1. The van der Waals surface area contributed by atoms with Crippen LogP contribution in [0.2, 0.25) is 0 Å². The molecule has 1 fully saturated rings. The van der Waals surface area contributed by atoms with Crippen molar-refractivity contribution in [3.8, 4) is 11.5 Å². The van der Waals surface area contributed by atoms with Crippen LogP contribution in [0.5, 0.6) is 11.5 Å². The van der Waals surface area contributed by atoms with Gasteiger partial charge in [0.25, 0.3) is 11.8 Å². The number of hydrogen-bond donors (Lipinski definition) is 1. The Morgan fingerprint density at radius 1 is 1.12 bits per heavy atom. The minimum atomic E-state index is -3.78. The van der Waals surface area contributed by atoms with Crippen LogP contribution in [-0.2, 0) is 14.8 Å². The van der Waals surface area contributed by atoms with Crippen molar-refractivity contribution in [2.24, 2.45) is 0 Å². The van der Waals surface area contributed by atoms with Crippen LogP contribution in [0.1, 0.15) is 24.2 Å². The number of benzene rings is 2. The lowest BCUT2D eigenvalue weighted by Gasteiger charge is -2.34. The number of carbonyl (C=O) groups is 2. The molecule has 170 valence electrons. The number of nitrogens with one attached hydrogen (secondary N) is 1. The lowest BCUT2D eigenvalue weighted by atomic mass is 10.2. The highest BCUT2D eigenvalue weighted by Gasteiger charge is 2.32. The molecular weight excluding hydrogens is 434 g/mol. The number of piperazine rings is 1. The van der Waals surface area contributed by atoms with E-state index in [0.29, 0.717) is 29.4 Å². The van der Waals surface area contributed by atoms with Crippen molar-refractivity contribution >= 4 is 27.5 Å². The number of anilines is 1. The fourth-order valence-electron chi connectivity index (χ4n) is 3.67. The Hall–Kier alpha value is -3.11. The molecule has 32 heavy (non-hydrogen) atoms. The minimum Gasteiger partial charge on any atom is -0.494 e. The summed E-state index contributed by atoms with van der Waals surface area (Å²) in [6.07, 6.45) is -0.633. The van der Waals surface area contributed by atoms with Crippen molar-refractivity contribution in [1.82, 2.24) is 9.21 Å². The van der Waals surface area contributed by atoms with Crippen molar-refractivity contribution in [1.29, 1.82) is 0 Å². The smallest absolute Gasteiger partial charge is 0.265 e. The molecule has 10 heteroatoms. The Morgan fingerprint density at radius 2 is 1.81 bits per heavy atom. The molecule has 0 saturated carbocycles. The van der Waals surface area contributed by atoms with Crippen LogP contribution in [0.15, 0.2) is 47.4 Å². The summed E-state index contributed by atoms with van der Waals surface area (Å²) in [5, 5.41) is 2.67. The lowest BCUT2D eigenvalue weighted by Crippen LogP contribution is -2.50. The average Bonchev–Trinajstić information content (AvgIpc) is 2.80. The molecule has 0 unspecified atom stereocenters. The molecule has 0 spiro atoms. The SMILES string of the molecule is CCOc1ccc(C(=O)N2CCN(S(=O)(=O)c3ccc4c(c3)NC(=O)[C@H](C)O4)CC2)cc1. The van der Waals surface area contributed by atoms with E-state index in [2.05, 4.69) is 5.32 Å². The van der Waals surface area contributed by atoms with Gasteiger partial charge in [0.05, 0.1) is 17.2 Å². The first-order valence-corrected chi connectivity index (χ1v) is 11.9. The third kappa shape index (κ3) is 4.28. The molecule has 2 amide bonds. The first-order valence-electron chi connectivity index (χ1n) is 10.4. The number of carbonyl (C=O) groups excluding carboxylic acids is 2. The molecule has 1 saturated heterocycles. The number of ether oxygens (including phenoxy) is 2. The third-order valence-electron chi connectivity index (χ3n) is 5.46. The van der Waals surface area contributed by atoms with Gasteiger partial charge in [-0.2, -0.15) is 4.31 Å². The van der Waals surface area contributed by atoms with Gasteiger partial charge in [-0.05, 0) is 56.3 Å². The number of amides is 2. The Bertz CT molecular complexity index is 1120. The molecule has 0 aromatic heterocycles. The molecule has 4 rings (SSSR count). The highest BCUT2D eigenvalue weighted by atomic mass is 32.2. The molecule has 2 aromatic rings. The first kappa shape index (κ1) is 22.1. The van der Waals surface area contributed by atoms with Gasteiger partial charge in [-0.3, -0.25) is 9.59 Å². The van der Waals surface area contributed by atoms with Crippen molar-refractivity contribution in [3.05, 3.63) is 48.0 Å². The largest absolute Gasteiger partial charge is 0.494 e. The zero-order chi connectivity index (χ0) is 22.9. The van der Waals surface area contributed by atoms with E-state index in [-0.39, 0.29) is 42.9 Å². The second-order valence-corrected chi connectivity index (χ2v) is 9.50. The van der Waals surface area contributed by atoms with E-state index in [0.717, 1.165) is 0 Å². The van der Waals surface area contributed by atoms with Crippen molar-refractivity contribution < 1.29 is 27.5 Å². The second kappa shape index (κ2) is 8.79. The van der Waals surface area contributed by atoms with Gasteiger partial charge in [0.15, 0.2) is 6.10 Å². The summed E-state index contributed by atoms with van der Waals surface area (Å²) in [6.45, 7) is 5.00. The van der Waals surface area contributed by atoms with Gasteiger partial charge >= 0.3 is 0 Å². The summed E-state index contributed by atoms with van der Waals surface area (Å²) in [5.74, 6) is 0.657. The molecule has 1 atom stereocenters. The van der Waals surface area contributed by atoms with E-state index in [4.69, 9.17) is 9.47 Å². The van der Waals surface area contributed by atoms with Gasteiger partial charge < -0.3 is 19.7 Å². The third-order valence-corrected chi connectivity index (χ3v) is 7.35. The minimum absolute atomic E-state index is 0.0704. The Labute approximate surface area is 187 Å². The summed E-state index contributed by atoms with van der Waals surface area (Å²) in [7, 11) is -3.78. The summed E-state index contributed by atoms with van der Waals surface area (Å²) in [6, 6.07) is 11.3. The molecule has 1 N–H and O–H groups in total. The number of rotatable bonds is 5. The molecule has 0 aliphatic carbocycles. The van der Waals surface area contributed by atoms with Crippen LogP contribution in [0, 0.1) is 0 Å². The predicted octanol–water partition coefficient (Wildman–Crippen LogP) is 1.95. The topological polar surface area (TPSA) is 105 Å². The molecule has 2 aromatic carbocycles. The van der Waals surface area contributed by atoms with E-state index in [9.17, 15) is 18.0 Å². The van der Waals surface area contributed by atoms with Crippen molar-refractivity contribution in [3.63, 3.8) is 0 Å². The molecule has 9 nitrogen and oxygen atoms in total. The van der Waals surface area contributed by atoms with Gasteiger partial charge in [0.2, 0.25) is 10.0 Å². The summed E-state index contributed by atoms with van der Waals surface area (Å²) in [4.78, 5) is 26.3. The molecular formula is C22H25N3O6S. The zero-order valence-corrected chi connectivity index (χ0v) is 18.7. The van der Waals surface area contributed by atoms with Crippen LogP contribution in [0.25, 0.3) is 0 Å². The van der Waals surface area contributed by atoms with Crippen LogP contribution >= 0.6 is 0 Å². The van der Waals surface area contributed by atoms with Gasteiger partial charge in [0, 0.05) is 31.7 Å². The molecule has 2 aliphatic heterocycles. The fraction of sp³-hybridized carbons (Fsp3) is 0.364. The van der Waals surface area contributed by atoms with E-state index >= 15 is 0 Å². The number of hydrogen-bond acceptors (Lipinski definition) is 6. The van der Waals surface area contributed by atoms with Crippen LogP contribution in [0.3, 0.4) is 0 Å². The number of nitrogens with zero attached hydrogens (tertiary/aromatic N) is 2. The van der Waals surface area contributed by atoms with Crippen molar-refractivity contribution in [2.75, 3.05) is 38.1 Å². The van der Waals surface area contributed by atoms with Crippen molar-refractivity contribution in [2.45, 2.75) is 24.8 Å². The van der Waals surface area contributed by atoms with E-state index in [1.54, 1.807) is 42.2 Å². The number of fused-ring (bicyclic) bond motifs is 1. The van der Waals surface area contributed by atoms with Gasteiger partial charge in [-0.1, -0.05) is 0 Å². The van der Waals surface area contributed by atoms with Crippen LogP contribution < -0.4 is 14.8 Å². The highest BCUT2D eigenvalue weighted by molar-refractivity contribution is 7.89. The molecule has 2 aliphatic rings. The monoisotopic (exact) mass is 459 g/mol. The maximum absolute atomic E-state index is 13.1.